The lowest BCUT2D eigenvalue weighted by Gasteiger charge is -2.08. The van der Waals surface area contributed by atoms with E-state index in [2.05, 4.69) is 0 Å². The first kappa shape index (κ1) is 7.88. The highest BCUT2D eigenvalue weighted by molar-refractivity contribution is 7.99. The minimum absolute atomic E-state index is 0.157. The van der Waals surface area contributed by atoms with Crippen molar-refractivity contribution >= 4 is 17.7 Å². The lowest BCUT2D eigenvalue weighted by Crippen LogP contribution is -2.18. The zero-order valence-electron chi connectivity index (χ0n) is 5.99. The molecule has 1 fully saturated rings. The summed E-state index contributed by atoms with van der Waals surface area (Å²) in [6.07, 6.45) is -0.322. The Balaban J connectivity index is 2.24. The molecule has 0 radical (unpaired) electrons. The maximum Gasteiger partial charge on any atom is 0.304 e. The summed E-state index contributed by atoms with van der Waals surface area (Å²) in [6, 6.07) is 0. The SMILES string of the molecule is CC(=O)OC1CS[C@H](C)O1. The molecular formula is C6H10O3S. The molecule has 0 aliphatic carbocycles. The van der Waals surface area contributed by atoms with Gasteiger partial charge in [-0.1, -0.05) is 0 Å². The second-order valence-electron chi connectivity index (χ2n) is 2.08. The van der Waals surface area contributed by atoms with Crippen molar-refractivity contribution in [3.63, 3.8) is 0 Å². The number of carbonyl (C=O) groups is 1. The first-order valence-electron chi connectivity index (χ1n) is 3.13. The number of esters is 1. The van der Waals surface area contributed by atoms with E-state index >= 15 is 0 Å². The van der Waals surface area contributed by atoms with Gasteiger partial charge in [0.25, 0.3) is 0 Å². The van der Waals surface area contributed by atoms with E-state index in [0.717, 1.165) is 5.75 Å². The Labute approximate surface area is 64.1 Å². The van der Waals surface area contributed by atoms with Gasteiger partial charge in [0.05, 0.1) is 5.75 Å². The van der Waals surface area contributed by atoms with E-state index < -0.39 is 0 Å². The van der Waals surface area contributed by atoms with Gasteiger partial charge in [0, 0.05) is 6.92 Å². The van der Waals surface area contributed by atoms with Crippen LogP contribution in [0.25, 0.3) is 0 Å². The van der Waals surface area contributed by atoms with Gasteiger partial charge in [0.1, 0.15) is 5.44 Å². The molecule has 1 unspecified atom stereocenters. The maximum absolute atomic E-state index is 10.4. The van der Waals surface area contributed by atoms with Crippen LogP contribution in [0, 0.1) is 0 Å². The van der Waals surface area contributed by atoms with E-state index in [-0.39, 0.29) is 17.7 Å². The molecule has 0 aromatic heterocycles. The average Bonchev–Trinajstić information content (AvgIpc) is 2.13. The Morgan fingerprint density at radius 2 is 2.50 bits per heavy atom. The minimum atomic E-state index is -0.322. The van der Waals surface area contributed by atoms with Crippen molar-refractivity contribution in [1.29, 1.82) is 0 Å². The van der Waals surface area contributed by atoms with Crippen LogP contribution in [0.2, 0.25) is 0 Å². The van der Waals surface area contributed by atoms with Gasteiger partial charge in [-0.05, 0) is 6.92 Å². The molecule has 1 aliphatic heterocycles. The van der Waals surface area contributed by atoms with Crippen molar-refractivity contribution in [2.45, 2.75) is 25.6 Å². The number of rotatable bonds is 1. The van der Waals surface area contributed by atoms with Crippen LogP contribution in [-0.2, 0) is 14.3 Å². The highest BCUT2D eigenvalue weighted by Crippen LogP contribution is 2.24. The van der Waals surface area contributed by atoms with Gasteiger partial charge in [-0.15, -0.1) is 11.8 Å². The third kappa shape index (κ3) is 2.19. The quantitative estimate of drug-likeness (QED) is 0.538. The zero-order chi connectivity index (χ0) is 7.56. The van der Waals surface area contributed by atoms with Crippen LogP contribution < -0.4 is 0 Å². The molecule has 3 nitrogen and oxygen atoms in total. The van der Waals surface area contributed by atoms with E-state index in [1.165, 1.54) is 6.92 Å². The van der Waals surface area contributed by atoms with Crippen molar-refractivity contribution < 1.29 is 14.3 Å². The average molecular weight is 162 g/mol. The molecule has 0 saturated carbocycles. The predicted octanol–water partition coefficient (Wildman–Crippen LogP) is 0.985. The first-order chi connectivity index (χ1) is 4.68. The lowest BCUT2D eigenvalue weighted by atomic mass is 10.7. The Kier molecular flexibility index (Phi) is 2.56. The number of carbonyl (C=O) groups excluding carboxylic acids is 1. The van der Waals surface area contributed by atoms with E-state index in [0.29, 0.717) is 0 Å². The van der Waals surface area contributed by atoms with Gasteiger partial charge in [0.2, 0.25) is 6.29 Å². The first-order valence-corrected chi connectivity index (χ1v) is 4.17. The van der Waals surface area contributed by atoms with E-state index in [9.17, 15) is 4.79 Å². The van der Waals surface area contributed by atoms with E-state index in [1.807, 2.05) is 6.92 Å². The molecule has 1 heterocycles. The Morgan fingerprint density at radius 3 is 2.90 bits per heavy atom. The van der Waals surface area contributed by atoms with Crippen molar-refractivity contribution in [1.82, 2.24) is 0 Å². The summed E-state index contributed by atoms with van der Waals surface area (Å²) in [5, 5.41) is 0. The van der Waals surface area contributed by atoms with E-state index in [4.69, 9.17) is 9.47 Å². The molecule has 1 aliphatic rings. The summed E-state index contributed by atoms with van der Waals surface area (Å²) in [4.78, 5) is 10.4. The molecule has 0 aromatic rings. The molecule has 0 N–H and O–H groups in total. The lowest BCUT2D eigenvalue weighted by molar-refractivity contribution is -0.169. The van der Waals surface area contributed by atoms with Crippen LogP contribution in [0.15, 0.2) is 0 Å². The molecule has 0 aromatic carbocycles. The predicted molar refractivity (Wildman–Crippen MR) is 38.6 cm³/mol. The molecular weight excluding hydrogens is 152 g/mol. The third-order valence-electron chi connectivity index (χ3n) is 1.11. The standard InChI is InChI=1S/C6H10O3S/c1-4(7)8-6-3-10-5(2)9-6/h5-6H,3H2,1-2H3/t5-,6?/m1/s1. The number of hydrogen-bond acceptors (Lipinski definition) is 4. The van der Waals surface area contributed by atoms with Crippen molar-refractivity contribution in [2.24, 2.45) is 0 Å². The summed E-state index contributed by atoms with van der Waals surface area (Å²) < 4.78 is 9.99. The highest BCUT2D eigenvalue weighted by Gasteiger charge is 2.24. The van der Waals surface area contributed by atoms with E-state index in [1.54, 1.807) is 11.8 Å². The van der Waals surface area contributed by atoms with Crippen molar-refractivity contribution in [3.8, 4) is 0 Å². The Hall–Kier alpha value is -0.220. The van der Waals surface area contributed by atoms with Gasteiger partial charge >= 0.3 is 5.97 Å². The van der Waals surface area contributed by atoms with Crippen molar-refractivity contribution in [3.05, 3.63) is 0 Å². The number of ether oxygens (including phenoxy) is 2. The summed E-state index contributed by atoms with van der Waals surface area (Å²) in [5.74, 6) is 0.473. The Morgan fingerprint density at radius 1 is 1.80 bits per heavy atom. The minimum Gasteiger partial charge on any atom is -0.435 e. The molecule has 4 heteroatoms. The third-order valence-corrected chi connectivity index (χ3v) is 2.15. The van der Waals surface area contributed by atoms with Crippen LogP contribution in [0.4, 0.5) is 0 Å². The van der Waals surface area contributed by atoms with Gasteiger partial charge in [-0.2, -0.15) is 0 Å². The molecule has 0 bridgehead atoms. The number of hydrogen-bond donors (Lipinski definition) is 0. The molecule has 1 rings (SSSR count). The Bertz CT molecular complexity index is 137. The summed E-state index contributed by atoms with van der Waals surface area (Å²) in [5.41, 5.74) is 0.157. The summed E-state index contributed by atoms with van der Waals surface area (Å²) in [7, 11) is 0. The highest BCUT2D eigenvalue weighted by atomic mass is 32.2. The largest absolute Gasteiger partial charge is 0.435 e. The summed E-state index contributed by atoms with van der Waals surface area (Å²) in [6.45, 7) is 3.32. The second kappa shape index (κ2) is 3.25. The fourth-order valence-electron chi connectivity index (χ4n) is 0.753. The summed E-state index contributed by atoms with van der Waals surface area (Å²) >= 11 is 1.65. The van der Waals surface area contributed by atoms with Crippen LogP contribution in [0.1, 0.15) is 13.8 Å². The molecule has 10 heavy (non-hydrogen) atoms. The van der Waals surface area contributed by atoms with Gasteiger partial charge in [0.15, 0.2) is 0 Å². The second-order valence-corrected chi connectivity index (χ2v) is 3.41. The number of thioether (sulfide) groups is 1. The fraction of sp³-hybridized carbons (Fsp3) is 0.833. The molecule has 0 amide bonds. The van der Waals surface area contributed by atoms with Crippen LogP contribution in [0.3, 0.4) is 0 Å². The van der Waals surface area contributed by atoms with Gasteiger partial charge < -0.3 is 9.47 Å². The smallest absolute Gasteiger partial charge is 0.304 e. The molecule has 0 spiro atoms. The van der Waals surface area contributed by atoms with Crippen LogP contribution in [0.5, 0.6) is 0 Å². The molecule has 58 valence electrons. The molecule has 2 atom stereocenters. The van der Waals surface area contributed by atoms with Gasteiger partial charge in [-0.3, -0.25) is 4.79 Å². The fourth-order valence-corrected chi connectivity index (χ4v) is 1.53. The topological polar surface area (TPSA) is 35.5 Å². The van der Waals surface area contributed by atoms with Crippen LogP contribution in [-0.4, -0.2) is 23.4 Å². The van der Waals surface area contributed by atoms with Gasteiger partial charge in [-0.25, -0.2) is 0 Å². The maximum atomic E-state index is 10.4. The monoisotopic (exact) mass is 162 g/mol. The zero-order valence-corrected chi connectivity index (χ0v) is 6.81. The normalized spacial score (nSPS) is 32.2. The van der Waals surface area contributed by atoms with Crippen molar-refractivity contribution in [2.75, 3.05) is 5.75 Å². The van der Waals surface area contributed by atoms with Crippen LogP contribution >= 0.6 is 11.8 Å². The molecule has 1 saturated heterocycles.